The van der Waals surface area contributed by atoms with Gasteiger partial charge in [-0.3, -0.25) is 9.88 Å². The van der Waals surface area contributed by atoms with Crippen LogP contribution in [0, 0.1) is 5.92 Å². The number of aliphatic hydroxyl groups is 1. The fourth-order valence-electron chi connectivity index (χ4n) is 2.58. The molecule has 0 aromatic carbocycles. The Morgan fingerprint density at radius 1 is 1.59 bits per heavy atom. The van der Waals surface area contributed by atoms with Gasteiger partial charge in [-0.25, -0.2) is 0 Å². The molecule has 2 unspecified atom stereocenters. The fourth-order valence-corrected chi connectivity index (χ4v) is 2.76. The second-order valence-electron chi connectivity index (χ2n) is 4.81. The molecule has 1 fully saturated rings. The van der Waals surface area contributed by atoms with Gasteiger partial charge in [0.2, 0.25) is 0 Å². The topological polar surface area (TPSA) is 36.4 Å². The van der Waals surface area contributed by atoms with Gasteiger partial charge in [-0.05, 0) is 36.9 Å². The number of likely N-dealkylation sites (tertiary alicyclic amines) is 1. The molecule has 94 valence electrons. The van der Waals surface area contributed by atoms with Crippen LogP contribution >= 0.6 is 11.6 Å². The van der Waals surface area contributed by atoms with E-state index in [1.165, 1.54) is 12.8 Å². The SMILES string of the molecule is CC1CCCN(Cc2ccncc2Cl)C1CO. The first kappa shape index (κ1) is 12.8. The highest BCUT2D eigenvalue weighted by atomic mass is 35.5. The Morgan fingerprint density at radius 2 is 2.41 bits per heavy atom. The van der Waals surface area contributed by atoms with E-state index < -0.39 is 0 Å². The van der Waals surface area contributed by atoms with E-state index in [1.807, 2.05) is 6.07 Å². The molecule has 1 aromatic heterocycles. The van der Waals surface area contributed by atoms with E-state index in [2.05, 4.69) is 16.8 Å². The first-order valence-electron chi connectivity index (χ1n) is 6.15. The van der Waals surface area contributed by atoms with E-state index in [1.54, 1.807) is 12.4 Å². The minimum absolute atomic E-state index is 0.226. The molecule has 1 aromatic rings. The Labute approximate surface area is 107 Å². The van der Waals surface area contributed by atoms with Crippen molar-refractivity contribution in [2.45, 2.75) is 32.4 Å². The average molecular weight is 255 g/mol. The Kier molecular flexibility index (Phi) is 4.37. The summed E-state index contributed by atoms with van der Waals surface area (Å²) in [5.74, 6) is 0.550. The van der Waals surface area contributed by atoms with E-state index in [-0.39, 0.29) is 12.6 Å². The zero-order valence-electron chi connectivity index (χ0n) is 10.1. The summed E-state index contributed by atoms with van der Waals surface area (Å²) >= 11 is 6.12. The highest BCUT2D eigenvalue weighted by Crippen LogP contribution is 2.26. The van der Waals surface area contributed by atoms with Crippen LogP contribution in [0.1, 0.15) is 25.3 Å². The Bertz CT molecular complexity index is 372. The van der Waals surface area contributed by atoms with Gasteiger partial charge in [-0.15, -0.1) is 0 Å². The van der Waals surface area contributed by atoms with Gasteiger partial charge in [0.25, 0.3) is 0 Å². The molecule has 1 aliphatic heterocycles. The van der Waals surface area contributed by atoms with Crippen molar-refractivity contribution in [1.82, 2.24) is 9.88 Å². The van der Waals surface area contributed by atoms with Crippen molar-refractivity contribution in [1.29, 1.82) is 0 Å². The Hall–Kier alpha value is -0.640. The van der Waals surface area contributed by atoms with E-state index in [0.29, 0.717) is 10.9 Å². The minimum Gasteiger partial charge on any atom is -0.395 e. The number of rotatable bonds is 3. The summed E-state index contributed by atoms with van der Waals surface area (Å²) in [7, 11) is 0. The third-order valence-electron chi connectivity index (χ3n) is 3.65. The maximum Gasteiger partial charge on any atom is 0.0634 e. The number of piperidine rings is 1. The highest BCUT2D eigenvalue weighted by Gasteiger charge is 2.27. The normalized spacial score (nSPS) is 26.1. The predicted molar refractivity (Wildman–Crippen MR) is 68.9 cm³/mol. The third-order valence-corrected chi connectivity index (χ3v) is 3.99. The molecule has 0 spiro atoms. The number of hydrogen-bond donors (Lipinski definition) is 1. The van der Waals surface area contributed by atoms with E-state index in [9.17, 15) is 5.11 Å². The van der Waals surface area contributed by atoms with E-state index in [4.69, 9.17) is 11.6 Å². The molecule has 0 saturated carbocycles. The van der Waals surface area contributed by atoms with Gasteiger partial charge < -0.3 is 5.11 Å². The summed E-state index contributed by atoms with van der Waals surface area (Å²) in [4.78, 5) is 6.32. The second kappa shape index (κ2) is 5.80. The van der Waals surface area contributed by atoms with E-state index in [0.717, 1.165) is 18.7 Å². The van der Waals surface area contributed by atoms with Crippen LogP contribution in [-0.4, -0.2) is 34.2 Å². The maximum absolute atomic E-state index is 9.49. The summed E-state index contributed by atoms with van der Waals surface area (Å²) in [5.41, 5.74) is 1.09. The third kappa shape index (κ3) is 2.97. The molecule has 4 heteroatoms. The first-order valence-corrected chi connectivity index (χ1v) is 6.53. The Balaban J connectivity index is 2.09. The second-order valence-corrected chi connectivity index (χ2v) is 5.21. The van der Waals surface area contributed by atoms with Crippen molar-refractivity contribution in [2.24, 2.45) is 5.92 Å². The molecular weight excluding hydrogens is 236 g/mol. The minimum atomic E-state index is 0.226. The van der Waals surface area contributed by atoms with Gasteiger partial charge in [0.1, 0.15) is 0 Å². The summed E-state index contributed by atoms with van der Waals surface area (Å²) in [5, 5.41) is 10.2. The van der Waals surface area contributed by atoms with Crippen LogP contribution in [0.4, 0.5) is 0 Å². The van der Waals surface area contributed by atoms with Crippen molar-refractivity contribution in [3.63, 3.8) is 0 Å². The van der Waals surface area contributed by atoms with Gasteiger partial charge in [0, 0.05) is 25.0 Å². The van der Waals surface area contributed by atoms with Crippen LogP contribution in [0.15, 0.2) is 18.5 Å². The van der Waals surface area contributed by atoms with Crippen molar-refractivity contribution in [2.75, 3.05) is 13.2 Å². The zero-order chi connectivity index (χ0) is 12.3. The van der Waals surface area contributed by atoms with E-state index >= 15 is 0 Å². The van der Waals surface area contributed by atoms with Gasteiger partial charge in [-0.1, -0.05) is 18.5 Å². The molecular formula is C13H19ClN2O. The van der Waals surface area contributed by atoms with Crippen molar-refractivity contribution in [3.05, 3.63) is 29.0 Å². The number of halogens is 1. The van der Waals surface area contributed by atoms with Crippen molar-refractivity contribution >= 4 is 11.6 Å². The van der Waals surface area contributed by atoms with Crippen LogP contribution in [0.25, 0.3) is 0 Å². The monoisotopic (exact) mass is 254 g/mol. The lowest BCUT2D eigenvalue weighted by atomic mass is 9.91. The van der Waals surface area contributed by atoms with Gasteiger partial charge in [0.05, 0.1) is 11.6 Å². The van der Waals surface area contributed by atoms with Gasteiger partial charge in [-0.2, -0.15) is 0 Å². The molecule has 2 atom stereocenters. The summed E-state index contributed by atoms with van der Waals surface area (Å²) in [6.07, 6.45) is 5.84. The molecule has 2 rings (SSSR count). The van der Waals surface area contributed by atoms with Crippen molar-refractivity contribution in [3.8, 4) is 0 Å². The van der Waals surface area contributed by atoms with Gasteiger partial charge >= 0.3 is 0 Å². The lowest BCUT2D eigenvalue weighted by Gasteiger charge is -2.39. The molecule has 1 N–H and O–H groups in total. The Morgan fingerprint density at radius 3 is 3.12 bits per heavy atom. The summed E-state index contributed by atoms with van der Waals surface area (Å²) in [6, 6.07) is 2.21. The molecule has 3 nitrogen and oxygen atoms in total. The molecule has 17 heavy (non-hydrogen) atoms. The van der Waals surface area contributed by atoms with Crippen molar-refractivity contribution < 1.29 is 5.11 Å². The van der Waals surface area contributed by atoms with Crippen LogP contribution < -0.4 is 0 Å². The maximum atomic E-state index is 9.49. The van der Waals surface area contributed by atoms with Gasteiger partial charge in [0.15, 0.2) is 0 Å². The number of aliphatic hydroxyl groups excluding tert-OH is 1. The van der Waals surface area contributed by atoms with Crippen LogP contribution in [-0.2, 0) is 6.54 Å². The largest absolute Gasteiger partial charge is 0.395 e. The standard InChI is InChI=1S/C13H19ClN2O/c1-10-3-2-6-16(13(10)9-17)8-11-4-5-15-7-12(11)14/h4-5,7,10,13,17H,2-3,6,8-9H2,1H3. The summed E-state index contributed by atoms with van der Waals surface area (Å²) < 4.78 is 0. The first-order chi connectivity index (χ1) is 8.22. The number of aromatic nitrogens is 1. The number of pyridine rings is 1. The average Bonchev–Trinajstić information content (AvgIpc) is 2.32. The van der Waals surface area contributed by atoms with Crippen LogP contribution in [0.2, 0.25) is 5.02 Å². The molecule has 1 aliphatic rings. The molecule has 0 bridgehead atoms. The lowest BCUT2D eigenvalue weighted by molar-refractivity contribution is 0.0472. The lowest BCUT2D eigenvalue weighted by Crippen LogP contribution is -2.46. The molecule has 1 saturated heterocycles. The molecule has 0 radical (unpaired) electrons. The number of hydrogen-bond acceptors (Lipinski definition) is 3. The van der Waals surface area contributed by atoms with Crippen LogP contribution in [0.5, 0.6) is 0 Å². The molecule has 2 heterocycles. The summed E-state index contributed by atoms with van der Waals surface area (Å²) in [6.45, 7) is 4.27. The smallest absolute Gasteiger partial charge is 0.0634 e. The highest BCUT2D eigenvalue weighted by molar-refractivity contribution is 6.31. The molecule has 0 aliphatic carbocycles. The molecule has 0 amide bonds. The predicted octanol–water partition coefficient (Wildman–Crippen LogP) is 2.33. The fraction of sp³-hybridized carbons (Fsp3) is 0.615. The quantitative estimate of drug-likeness (QED) is 0.900. The zero-order valence-corrected chi connectivity index (χ0v) is 10.9. The number of nitrogens with zero attached hydrogens (tertiary/aromatic N) is 2. The van der Waals surface area contributed by atoms with Crippen LogP contribution in [0.3, 0.4) is 0 Å².